The molecule has 0 heterocycles. The SMILES string of the molecule is CN=C(NCCCN(C)Cc1ccccc1)NCC(C)(C)OC. The van der Waals surface area contributed by atoms with Crippen molar-refractivity contribution in [3.63, 3.8) is 0 Å². The summed E-state index contributed by atoms with van der Waals surface area (Å²) in [4.78, 5) is 6.57. The van der Waals surface area contributed by atoms with Crippen molar-refractivity contribution in [1.29, 1.82) is 0 Å². The van der Waals surface area contributed by atoms with Crippen LogP contribution < -0.4 is 10.6 Å². The first-order valence-corrected chi connectivity index (χ1v) is 8.19. The Morgan fingerprint density at radius 1 is 1.22 bits per heavy atom. The Bertz CT molecular complexity index is 459. The molecule has 0 radical (unpaired) electrons. The van der Waals surface area contributed by atoms with E-state index in [0.717, 1.165) is 38.6 Å². The third kappa shape index (κ3) is 8.57. The van der Waals surface area contributed by atoms with E-state index in [1.165, 1.54) is 5.56 Å². The molecule has 130 valence electrons. The van der Waals surface area contributed by atoms with Gasteiger partial charge in [0.25, 0.3) is 0 Å². The second-order valence-electron chi connectivity index (χ2n) is 6.39. The van der Waals surface area contributed by atoms with Crippen molar-refractivity contribution in [3.8, 4) is 0 Å². The third-order valence-corrected chi connectivity index (χ3v) is 3.76. The number of rotatable bonds is 9. The molecule has 5 nitrogen and oxygen atoms in total. The van der Waals surface area contributed by atoms with E-state index in [2.05, 4.69) is 57.9 Å². The van der Waals surface area contributed by atoms with Crippen LogP contribution in [-0.4, -0.2) is 57.3 Å². The number of nitrogens with zero attached hydrogens (tertiary/aromatic N) is 2. The molecule has 0 unspecified atom stereocenters. The van der Waals surface area contributed by atoms with Gasteiger partial charge in [-0.25, -0.2) is 0 Å². The van der Waals surface area contributed by atoms with Crippen LogP contribution >= 0.6 is 0 Å². The fraction of sp³-hybridized carbons (Fsp3) is 0.611. The van der Waals surface area contributed by atoms with Gasteiger partial charge in [0.15, 0.2) is 5.96 Å². The monoisotopic (exact) mass is 320 g/mol. The first-order valence-electron chi connectivity index (χ1n) is 8.19. The molecule has 0 saturated heterocycles. The van der Waals surface area contributed by atoms with E-state index in [-0.39, 0.29) is 5.60 Å². The molecule has 0 spiro atoms. The maximum atomic E-state index is 5.39. The predicted octanol–water partition coefficient (Wildman–Crippen LogP) is 2.10. The smallest absolute Gasteiger partial charge is 0.191 e. The van der Waals surface area contributed by atoms with Crippen LogP contribution in [0, 0.1) is 0 Å². The minimum atomic E-state index is -0.201. The van der Waals surface area contributed by atoms with E-state index in [0.29, 0.717) is 0 Å². The van der Waals surface area contributed by atoms with Crippen LogP contribution in [0.4, 0.5) is 0 Å². The van der Waals surface area contributed by atoms with Crippen LogP contribution in [0.5, 0.6) is 0 Å². The number of nitrogens with one attached hydrogen (secondary N) is 2. The standard InChI is InChI=1S/C18H32N4O/c1-18(2,23-5)15-21-17(19-3)20-12-9-13-22(4)14-16-10-7-6-8-11-16/h6-8,10-11H,9,12-15H2,1-5H3,(H2,19,20,21). The van der Waals surface area contributed by atoms with Gasteiger partial charge in [0.1, 0.15) is 0 Å². The topological polar surface area (TPSA) is 48.9 Å². The van der Waals surface area contributed by atoms with Crippen LogP contribution in [0.15, 0.2) is 35.3 Å². The van der Waals surface area contributed by atoms with Gasteiger partial charge >= 0.3 is 0 Å². The Morgan fingerprint density at radius 2 is 1.91 bits per heavy atom. The second-order valence-corrected chi connectivity index (χ2v) is 6.39. The molecule has 2 N–H and O–H groups in total. The first kappa shape index (κ1) is 19.5. The maximum absolute atomic E-state index is 5.39. The van der Waals surface area contributed by atoms with Crippen molar-refractivity contribution in [2.75, 3.05) is 40.8 Å². The van der Waals surface area contributed by atoms with Gasteiger partial charge in [-0.15, -0.1) is 0 Å². The Balaban J connectivity index is 2.19. The van der Waals surface area contributed by atoms with Gasteiger partial charge in [-0.05, 0) is 39.4 Å². The number of hydrogen-bond donors (Lipinski definition) is 2. The molecule has 0 atom stereocenters. The first-order chi connectivity index (χ1) is 11.0. The number of aliphatic imine (C=N–C) groups is 1. The van der Waals surface area contributed by atoms with Gasteiger partial charge in [0, 0.05) is 33.8 Å². The molecular formula is C18H32N4O. The van der Waals surface area contributed by atoms with Crippen LogP contribution in [0.3, 0.4) is 0 Å². The fourth-order valence-electron chi connectivity index (χ4n) is 2.12. The molecule has 0 aromatic heterocycles. The summed E-state index contributed by atoms with van der Waals surface area (Å²) in [6.07, 6.45) is 1.07. The number of methoxy groups -OCH3 is 1. The summed E-state index contributed by atoms with van der Waals surface area (Å²) in [5, 5.41) is 6.63. The number of benzene rings is 1. The molecule has 1 rings (SSSR count). The van der Waals surface area contributed by atoms with Crippen molar-refractivity contribution in [3.05, 3.63) is 35.9 Å². The second kappa shape index (κ2) is 10.2. The van der Waals surface area contributed by atoms with Crippen LogP contribution in [-0.2, 0) is 11.3 Å². The highest BCUT2D eigenvalue weighted by atomic mass is 16.5. The lowest BCUT2D eigenvalue weighted by Gasteiger charge is -2.24. The maximum Gasteiger partial charge on any atom is 0.191 e. The van der Waals surface area contributed by atoms with E-state index in [4.69, 9.17) is 4.74 Å². The Morgan fingerprint density at radius 3 is 2.52 bits per heavy atom. The highest BCUT2D eigenvalue weighted by Gasteiger charge is 2.16. The van der Waals surface area contributed by atoms with Crippen molar-refractivity contribution in [2.45, 2.75) is 32.4 Å². The third-order valence-electron chi connectivity index (χ3n) is 3.76. The molecule has 0 aliphatic carbocycles. The zero-order chi connectivity index (χ0) is 17.1. The highest BCUT2D eigenvalue weighted by molar-refractivity contribution is 5.79. The summed E-state index contributed by atoms with van der Waals surface area (Å²) in [6.45, 7) is 7.74. The zero-order valence-corrected chi connectivity index (χ0v) is 15.2. The van der Waals surface area contributed by atoms with Crippen molar-refractivity contribution in [1.82, 2.24) is 15.5 Å². The molecule has 23 heavy (non-hydrogen) atoms. The minimum absolute atomic E-state index is 0.201. The van der Waals surface area contributed by atoms with Crippen molar-refractivity contribution < 1.29 is 4.74 Å². The molecule has 0 fully saturated rings. The van der Waals surface area contributed by atoms with Crippen LogP contribution in [0.1, 0.15) is 25.8 Å². The molecular weight excluding hydrogens is 288 g/mol. The average molecular weight is 320 g/mol. The van der Waals surface area contributed by atoms with E-state index in [1.807, 2.05) is 13.8 Å². The predicted molar refractivity (Wildman–Crippen MR) is 97.8 cm³/mol. The Hall–Kier alpha value is -1.59. The molecule has 1 aromatic carbocycles. The molecule has 0 saturated carbocycles. The van der Waals surface area contributed by atoms with E-state index in [1.54, 1.807) is 14.2 Å². The number of ether oxygens (including phenoxy) is 1. The highest BCUT2D eigenvalue weighted by Crippen LogP contribution is 2.04. The molecule has 1 aromatic rings. The molecule has 0 aliphatic heterocycles. The van der Waals surface area contributed by atoms with Gasteiger partial charge < -0.3 is 20.3 Å². The number of guanidine groups is 1. The van der Waals surface area contributed by atoms with Crippen LogP contribution in [0.2, 0.25) is 0 Å². The molecule has 0 amide bonds. The fourth-order valence-corrected chi connectivity index (χ4v) is 2.12. The zero-order valence-electron chi connectivity index (χ0n) is 15.2. The Labute approximate surface area is 141 Å². The summed E-state index contributed by atoms with van der Waals surface area (Å²) in [7, 11) is 5.66. The number of hydrogen-bond acceptors (Lipinski definition) is 3. The van der Waals surface area contributed by atoms with E-state index >= 15 is 0 Å². The van der Waals surface area contributed by atoms with Gasteiger partial charge in [-0.2, -0.15) is 0 Å². The van der Waals surface area contributed by atoms with E-state index < -0.39 is 0 Å². The quantitative estimate of drug-likeness (QED) is 0.416. The molecule has 0 bridgehead atoms. The lowest BCUT2D eigenvalue weighted by Crippen LogP contribution is -2.45. The van der Waals surface area contributed by atoms with E-state index in [9.17, 15) is 0 Å². The molecule has 5 heteroatoms. The van der Waals surface area contributed by atoms with Crippen molar-refractivity contribution in [2.24, 2.45) is 4.99 Å². The van der Waals surface area contributed by atoms with Gasteiger partial charge in [0.05, 0.1) is 5.60 Å². The molecule has 0 aliphatic rings. The largest absolute Gasteiger partial charge is 0.377 e. The summed E-state index contributed by atoms with van der Waals surface area (Å²) >= 11 is 0. The lowest BCUT2D eigenvalue weighted by molar-refractivity contribution is 0.0268. The lowest BCUT2D eigenvalue weighted by atomic mass is 10.1. The summed E-state index contributed by atoms with van der Waals surface area (Å²) in [6, 6.07) is 10.6. The summed E-state index contributed by atoms with van der Waals surface area (Å²) in [5.74, 6) is 0.820. The average Bonchev–Trinajstić information content (AvgIpc) is 2.55. The van der Waals surface area contributed by atoms with Crippen LogP contribution in [0.25, 0.3) is 0 Å². The van der Waals surface area contributed by atoms with Gasteiger partial charge in [0.2, 0.25) is 0 Å². The van der Waals surface area contributed by atoms with Gasteiger partial charge in [-0.1, -0.05) is 30.3 Å². The minimum Gasteiger partial charge on any atom is -0.377 e. The van der Waals surface area contributed by atoms with Gasteiger partial charge in [-0.3, -0.25) is 4.99 Å². The van der Waals surface area contributed by atoms with Crippen molar-refractivity contribution >= 4 is 5.96 Å². The summed E-state index contributed by atoms with van der Waals surface area (Å²) < 4.78 is 5.39. The Kier molecular flexibility index (Phi) is 8.66. The summed E-state index contributed by atoms with van der Waals surface area (Å²) in [5.41, 5.74) is 1.15. The normalized spacial score (nSPS) is 12.5.